The summed E-state index contributed by atoms with van der Waals surface area (Å²) in [7, 11) is 0. The van der Waals surface area contributed by atoms with E-state index in [2.05, 4.69) is 43.5 Å². The average molecular weight is 190 g/mol. The van der Waals surface area contributed by atoms with Gasteiger partial charge in [0.05, 0.1) is 15.2 Å². The van der Waals surface area contributed by atoms with Crippen LogP contribution >= 0.6 is 11.3 Å². The highest BCUT2D eigenvalue weighted by Gasteiger charge is 2.08. The molecule has 0 saturated heterocycles. The van der Waals surface area contributed by atoms with Crippen molar-refractivity contribution >= 4 is 21.6 Å². The second-order valence-corrected chi connectivity index (χ2v) is 4.20. The number of fused-ring (bicyclic) bond motifs is 1. The second kappa shape index (κ2) is 3.46. The van der Waals surface area contributed by atoms with E-state index in [9.17, 15) is 0 Å². The van der Waals surface area contributed by atoms with Gasteiger partial charge in [-0.3, -0.25) is 0 Å². The molecule has 0 N–H and O–H groups in total. The normalized spacial score (nSPS) is 13.4. The third-order valence-electron chi connectivity index (χ3n) is 2.20. The summed E-state index contributed by atoms with van der Waals surface area (Å²) in [6.45, 7) is 4.26. The molecule has 2 aromatic rings. The van der Waals surface area contributed by atoms with Crippen molar-refractivity contribution in [3.8, 4) is 0 Å². The van der Waals surface area contributed by atoms with E-state index in [1.165, 1.54) is 9.71 Å². The van der Waals surface area contributed by atoms with Crippen LogP contribution in [0, 0.1) is 6.42 Å². The standard InChI is InChI=1S/C11H12NS/c1-3-8(2)11-12-9-6-4-5-7-10(9)13-11/h3-8H,1-2H3. The molecule has 2 heteroatoms. The first-order chi connectivity index (χ1) is 6.31. The molecule has 0 aliphatic heterocycles. The zero-order valence-electron chi connectivity index (χ0n) is 7.82. The van der Waals surface area contributed by atoms with Crippen molar-refractivity contribution < 1.29 is 0 Å². The van der Waals surface area contributed by atoms with E-state index in [0.29, 0.717) is 5.92 Å². The molecule has 1 aromatic carbocycles. The molecule has 0 amide bonds. The lowest BCUT2D eigenvalue weighted by molar-refractivity contribution is 0.877. The van der Waals surface area contributed by atoms with Crippen molar-refractivity contribution in [1.82, 2.24) is 4.98 Å². The van der Waals surface area contributed by atoms with Crippen LogP contribution in [0.4, 0.5) is 0 Å². The van der Waals surface area contributed by atoms with Crippen LogP contribution in [0.3, 0.4) is 0 Å². The molecular weight excluding hydrogens is 178 g/mol. The minimum atomic E-state index is 0.470. The first kappa shape index (κ1) is 8.70. The van der Waals surface area contributed by atoms with Gasteiger partial charge < -0.3 is 0 Å². The van der Waals surface area contributed by atoms with E-state index in [4.69, 9.17) is 0 Å². The summed E-state index contributed by atoms with van der Waals surface area (Å²) in [6, 6.07) is 8.29. The highest BCUT2D eigenvalue weighted by Crippen LogP contribution is 2.28. The highest BCUT2D eigenvalue weighted by molar-refractivity contribution is 7.18. The van der Waals surface area contributed by atoms with Gasteiger partial charge in [-0.05, 0) is 18.6 Å². The van der Waals surface area contributed by atoms with E-state index in [0.717, 1.165) is 5.52 Å². The minimum Gasteiger partial charge on any atom is -0.241 e. The largest absolute Gasteiger partial charge is 0.241 e. The average Bonchev–Trinajstić information content (AvgIpc) is 2.59. The molecule has 1 heterocycles. The summed E-state index contributed by atoms with van der Waals surface area (Å²) in [4.78, 5) is 4.57. The zero-order valence-corrected chi connectivity index (χ0v) is 8.64. The van der Waals surface area contributed by atoms with Gasteiger partial charge in [0.2, 0.25) is 0 Å². The summed E-state index contributed by atoms with van der Waals surface area (Å²) >= 11 is 1.79. The number of hydrogen-bond acceptors (Lipinski definition) is 2. The molecule has 1 radical (unpaired) electrons. The Morgan fingerprint density at radius 1 is 1.38 bits per heavy atom. The molecule has 0 spiro atoms. The van der Waals surface area contributed by atoms with Gasteiger partial charge in [0.25, 0.3) is 0 Å². The van der Waals surface area contributed by atoms with Crippen LogP contribution in [-0.2, 0) is 0 Å². The van der Waals surface area contributed by atoms with E-state index in [1.54, 1.807) is 11.3 Å². The lowest BCUT2D eigenvalue weighted by atomic mass is 10.1. The van der Waals surface area contributed by atoms with E-state index in [1.807, 2.05) is 6.07 Å². The Bertz CT molecular complexity index is 372. The van der Waals surface area contributed by atoms with Crippen molar-refractivity contribution in [2.24, 2.45) is 0 Å². The fraction of sp³-hybridized carbons (Fsp3) is 0.273. The number of benzene rings is 1. The SMILES string of the molecule is C[CH]C(C)c1nc2ccccc2s1. The first-order valence-electron chi connectivity index (χ1n) is 4.46. The fourth-order valence-corrected chi connectivity index (χ4v) is 2.28. The van der Waals surface area contributed by atoms with Gasteiger partial charge in [0, 0.05) is 5.92 Å². The van der Waals surface area contributed by atoms with E-state index in [-0.39, 0.29) is 0 Å². The van der Waals surface area contributed by atoms with Gasteiger partial charge in [-0.15, -0.1) is 11.3 Å². The quantitative estimate of drug-likeness (QED) is 0.704. The highest BCUT2D eigenvalue weighted by atomic mass is 32.1. The summed E-state index contributed by atoms with van der Waals surface area (Å²) < 4.78 is 1.28. The Labute approximate surface area is 82.4 Å². The van der Waals surface area contributed by atoms with Crippen LogP contribution in [0.2, 0.25) is 0 Å². The predicted octanol–water partition coefficient (Wildman–Crippen LogP) is 3.62. The van der Waals surface area contributed by atoms with Crippen molar-refractivity contribution in [2.75, 3.05) is 0 Å². The first-order valence-corrected chi connectivity index (χ1v) is 5.28. The number of rotatable bonds is 2. The van der Waals surface area contributed by atoms with Crippen molar-refractivity contribution in [1.29, 1.82) is 0 Å². The summed E-state index contributed by atoms with van der Waals surface area (Å²) in [6.07, 6.45) is 2.18. The molecule has 13 heavy (non-hydrogen) atoms. The third-order valence-corrected chi connectivity index (χ3v) is 3.44. The van der Waals surface area contributed by atoms with Crippen molar-refractivity contribution in [3.63, 3.8) is 0 Å². The Balaban J connectivity index is 2.49. The van der Waals surface area contributed by atoms with Crippen LogP contribution in [0.5, 0.6) is 0 Å². The smallest absolute Gasteiger partial charge is 0.0969 e. The number of hydrogen-bond donors (Lipinski definition) is 0. The van der Waals surface area contributed by atoms with Crippen LogP contribution in [-0.4, -0.2) is 4.98 Å². The maximum absolute atomic E-state index is 4.57. The maximum atomic E-state index is 4.57. The summed E-state index contributed by atoms with van der Waals surface area (Å²) in [5.41, 5.74) is 1.12. The molecule has 2 rings (SSSR count). The molecule has 1 aromatic heterocycles. The predicted molar refractivity (Wildman–Crippen MR) is 58.0 cm³/mol. The monoisotopic (exact) mass is 190 g/mol. The topological polar surface area (TPSA) is 12.9 Å². The minimum absolute atomic E-state index is 0.470. The van der Waals surface area contributed by atoms with Crippen LogP contribution in [0.25, 0.3) is 10.2 Å². The molecule has 0 aliphatic carbocycles. The van der Waals surface area contributed by atoms with Gasteiger partial charge >= 0.3 is 0 Å². The number of para-hydroxylation sites is 1. The van der Waals surface area contributed by atoms with Crippen LogP contribution in [0.15, 0.2) is 24.3 Å². The van der Waals surface area contributed by atoms with Crippen molar-refractivity contribution in [3.05, 3.63) is 35.7 Å². The molecule has 0 fully saturated rings. The molecule has 67 valence electrons. The van der Waals surface area contributed by atoms with E-state index < -0.39 is 0 Å². The van der Waals surface area contributed by atoms with Crippen molar-refractivity contribution in [2.45, 2.75) is 19.8 Å². The van der Waals surface area contributed by atoms with Gasteiger partial charge in [-0.1, -0.05) is 26.0 Å². The fourth-order valence-electron chi connectivity index (χ4n) is 1.23. The number of nitrogens with zero attached hydrogens (tertiary/aromatic N) is 1. The van der Waals surface area contributed by atoms with Gasteiger partial charge in [-0.2, -0.15) is 0 Å². The zero-order chi connectivity index (χ0) is 9.26. The van der Waals surface area contributed by atoms with Gasteiger partial charge in [0.1, 0.15) is 0 Å². The Morgan fingerprint density at radius 3 is 2.85 bits per heavy atom. The van der Waals surface area contributed by atoms with E-state index >= 15 is 0 Å². The molecular formula is C11H12NS. The summed E-state index contributed by atoms with van der Waals surface area (Å²) in [5.74, 6) is 0.470. The lowest BCUT2D eigenvalue weighted by Crippen LogP contribution is -1.89. The molecule has 1 nitrogen and oxygen atoms in total. The molecule has 0 saturated carbocycles. The maximum Gasteiger partial charge on any atom is 0.0969 e. The number of aromatic nitrogens is 1. The molecule has 0 bridgehead atoms. The molecule has 0 aliphatic rings. The second-order valence-electron chi connectivity index (χ2n) is 3.14. The summed E-state index contributed by atoms with van der Waals surface area (Å²) in [5, 5.41) is 1.21. The van der Waals surface area contributed by atoms with Gasteiger partial charge in [-0.25, -0.2) is 4.98 Å². The lowest BCUT2D eigenvalue weighted by Gasteiger charge is -2.00. The van der Waals surface area contributed by atoms with Crippen LogP contribution < -0.4 is 0 Å². The third kappa shape index (κ3) is 1.59. The molecule has 1 atom stereocenters. The molecule has 1 unspecified atom stereocenters. The Kier molecular flexibility index (Phi) is 2.32. The Morgan fingerprint density at radius 2 is 2.15 bits per heavy atom. The van der Waals surface area contributed by atoms with Gasteiger partial charge in [0.15, 0.2) is 0 Å². The van der Waals surface area contributed by atoms with Crippen LogP contribution in [0.1, 0.15) is 24.8 Å². The Hall–Kier alpha value is -0.890. The number of thiazole rings is 1.